The second-order valence-corrected chi connectivity index (χ2v) is 6.92. The molecule has 0 atom stereocenters. The van der Waals surface area contributed by atoms with Crippen molar-refractivity contribution >= 4 is 5.69 Å². The van der Waals surface area contributed by atoms with Crippen LogP contribution in [0.2, 0.25) is 0 Å². The Balaban J connectivity index is 1.43. The lowest BCUT2D eigenvalue weighted by atomic mass is 10.1. The van der Waals surface area contributed by atoms with Gasteiger partial charge >= 0.3 is 0 Å². The molecule has 1 aromatic heterocycles. The Bertz CT molecular complexity index is 880. The molecule has 0 unspecified atom stereocenters. The van der Waals surface area contributed by atoms with Crippen LogP contribution < -0.4 is 15.2 Å². The molecule has 1 N–H and O–H groups in total. The van der Waals surface area contributed by atoms with Gasteiger partial charge in [0.25, 0.3) is 5.56 Å². The number of aromatic amines is 1. The first-order valence-electron chi connectivity index (χ1n) is 9.15. The monoisotopic (exact) mass is 374 g/mol. The maximum absolute atomic E-state index is 14.4. The summed E-state index contributed by atoms with van der Waals surface area (Å²) < 4.78 is 25.5. The molecule has 0 radical (unpaired) electrons. The van der Waals surface area contributed by atoms with Crippen LogP contribution in [0.4, 0.5) is 10.1 Å². The maximum Gasteiger partial charge on any atom is 0.269 e. The molecule has 7 nitrogen and oxygen atoms in total. The number of ether oxygens (including phenoxy) is 2. The molecule has 3 heterocycles. The Hall–Kier alpha value is -2.45. The highest BCUT2D eigenvalue weighted by Crippen LogP contribution is 2.32. The molecule has 1 fully saturated rings. The SMILES string of the molecule is Cc1c(N2Cc3cc(F)c(OCCN4CCOCC4)cc3C2)cn[nH]c1=O. The number of rotatable bonds is 5. The van der Waals surface area contributed by atoms with E-state index in [4.69, 9.17) is 9.47 Å². The van der Waals surface area contributed by atoms with Crippen molar-refractivity contribution in [1.82, 2.24) is 15.1 Å². The molecule has 0 saturated carbocycles. The first-order chi connectivity index (χ1) is 13.1. The van der Waals surface area contributed by atoms with Crippen LogP contribution >= 0.6 is 0 Å². The van der Waals surface area contributed by atoms with E-state index >= 15 is 0 Å². The number of anilines is 1. The number of halogens is 1. The number of hydrogen-bond donors (Lipinski definition) is 1. The van der Waals surface area contributed by atoms with Gasteiger partial charge in [-0.3, -0.25) is 9.69 Å². The van der Waals surface area contributed by atoms with Gasteiger partial charge in [-0.05, 0) is 30.2 Å². The van der Waals surface area contributed by atoms with Crippen LogP contribution in [0.1, 0.15) is 16.7 Å². The van der Waals surface area contributed by atoms with E-state index < -0.39 is 0 Å². The number of nitrogens with one attached hydrogen (secondary N) is 1. The van der Waals surface area contributed by atoms with Crippen LogP contribution in [0.5, 0.6) is 5.75 Å². The van der Waals surface area contributed by atoms with Crippen LogP contribution in [0.15, 0.2) is 23.1 Å². The number of benzene rings is 1. The van der Waals surface area contributed by atoms with E-state index in [2.05, 4.69) is 15.1 Å². The third kappa shape index (κ3) is 3.81. The standard InChI is InChI=1S/C19H23FN4O3/c1-13-17(10-21-22-19(13)25)24-11-14-8-16(20)18(9-15(14)12-24)27-7-4-23-2-5-26-6-3-23/h8-10H,2-7,11-12H2,1H3,(H,22,25). The zero-order chi connectivity index (χ0) is 18.8. The predicted molar refractivity (Wildman–Crippen MR) is 98.6 cm³/mol. The van der Waals surface area contributed by atoms with Gasteiger partial charge in [0.1, 0.15) is 6.61 Å². The van der Waals surface area contributed by atoms with Gasteiger partial charge in [0.15, 0.2) is 11.6 Å². The quantitative estimate of drug-likeness (QED) is 0.854. The van der Waals surface area contributed by atoms with Crippen LogP contribution in [0.25, 0.3) is 0 Å². The smallest absolute Gasteiger partial charge is 0.269 e. The lowest BCUT2D eigenvalue weighted by molar-refractivity contribution is 0.0320. The van der Waals surface area contributed by atoms with Crippen molar-refractivity contribution in [2.24, 2.45) is 0 Å². The summed E-state index contributed by atoms with van der Waals surface area (Å²) >= 11 is 0. The first kappa shape index (κ1) is 17.9. The number of aromatic nitrogens is 2. The summed E-state index contributed by atoms with van der Waals surface area (Å²) in [7, 11) is 0. The molecular formula is C19H23FN4O3. The Morgan fingerprint density at radius 3 is 2.78 bits per heavy atom. The van der Waals surface area contributed by atoms with Gasteiger partial charge in [-0.1, -0.05) is 0 Å². The number of morpholine rings is 1. The van der Waals surface area contributed by atoms with E-state index in [1.165, 1.54) is 6.07 Å². The molecule has 1 aromatic carbocycles. The topological polar surface area (TPSA) is 70.7 Å². The van der Waals surface area contributed by atoms with E-state index in [9.17, 15) is 9.18 Å². The van der Waals surface area contributed by atoms with Crippen molar-refractivity contribution in [2.45, 2.75) is 20.0 Å². The van der Waals surface area contributed by atoms with Crippen LogP contribution in [0, 0.1) is 12.7 Å². The minimum Gasteiger partial charge on any atom is -0.489 e. The average Bonchev–Trinajstić information content (AvgIpc) is 3.07. The number of fused-ring (bicyclic) bond motifs is 1. The second-order valence-electron chi connectivity index (χ2n) is 6.92. The van der Waals surface area contributed by atoms with Crippen molar-refractivity contribution < 1.29 is 13.9 Å². The Morgan fingerprint density at radius 1 is 1.26 bits per heavy atom. The number of hydrogen-bond acceptors (Lipinski definition) is 6. The van der Waals surface area contributed by atoms with E-state index in [0.717, 1.165) is 49.7 Å². The summed E-state index contributed by atoms with van der Waals surface area (Å²) in [6.07, 6.45) is 1.64. The van der Waals surface area contributed by atoms with Crippen molar-refractivity contribution in [3.8, 4) is 5.75 Å². The summed E-state index contributed by atoms with van der Waals surface area (Å²) in [5.41, 5.74) is 3.09. The van der Waals surface area contributed by atoms with Gasteiger partial charge in [-0.2, -0.15) is 5.10 Å². The van der Waals surface area contributed by atoms with Crippen LogP contribution in [-0.4, -0.2) is 54.6 Å². The second kappa shape index (κ2) is 7.66. The highest BCUT2D eigenvalue weighted by Gasteiger charge is 2.24. The van der Waals surface area contributed by atoms with Gasteiger partial charge < -0.3 is 14.4 Å². The summed E-state index contributed by atoms with van der Waals surface area (Å²) in [4.78, 5) is 16.1. The highest BCUT2D eigenvalue weighted by atomic mass is 19.1. The molecule has 0 amide bonds. The number of nitrogens with zero attached hydrogens (tertiary/aromatic N) is 3. The van der Waals surface area contributed by atoms with E-state index in [-0.39, 0.29) is 17.1 Å². The maximum atomic E-state index is 14.4. The Labute approximate surface area is 156 Å². The molecule has 2 aromatic rings. The largest absolute Gasteiger partial charge is 0.489 e. The molecule has 2 aliphatic heterocycles. The highest BCUT2D eigenvalue weighted by molar-refractivity contribution is 5.55. The molecule has 0 aliphatic carbocycles. The van der Waals surface area contributed by atoms with E-state index in [1.807, 2.05) is 4.90 Å². The van der Waals surface area contributed by atoms with Gasteiger partial charge in [-0.25, -0.2) is 9.49 Å². The summed E-state index contributed by atoms with van der Waals surface area (Å²) in [6.45, 7) is 7.34. The van der Waals surface area contributed by atoms with E-state index in [1.54, 1.807) is 19.2 Å². The molecule has 27 heavy (non-hydrogen) atoms. The van der Waals surface area contributed by atoms with Gasteiger partial charge in [0.2, 0.25) is 0 Å². The molecular weight excluding hydrogens is 351 g/mol. The average molecular weight is 374 g/mol. The Kier molecular flexibility index (Phi) is 5.09. The zero-order valence-corrected chi connectivity index (χ0v) is 15.3. The van der Waals surface area contributed by atoms with Crippen molar-refractivity contribution in [3.63, 3.8) is 0 Å². The fourth-order valence-electron chi connectivity index (χ4n) is 3.56. The predicted octanol–water partition coefficient (Wildman–Crippen LogP) is 1.45. The molecule has 0 spiro atoms. The first-order valence-corrected chi connectivity index (χ1v) is 9.15. The van der Waals surface area contributed by atoms with Gasteiger partial charge in [0, 0.05) is 38.3 Å². The molecule has 2 aliphatic rings. The molecule has 0 bridgehead atoms. The minimum absolute atomic E-state index is 0.207. The fourth-order valence-corrected chi connectivity index (χ4v) is 3.56. The summed E-state index contributed by atoms with van der Waals surface area (Å²) in [5, 5.41) is 6.31. The summed E-state index contributed by atoms with van der Waals surface area (Å²) in [5.74, 6) is -0.0667. The van der Waals surface area contributed by atoms with Crippen molar-refractivity contribution in [3.05, 3.63) is 51.2 Å². The third-order valence-electron chi connectivity index (χ3n) is 5.16. The zero-order valence-electron chi connectivity index (χ0n) is 15.3. The van der Waals surface area contributed by atoms with Crippen LogP contribution in [-0.2, 0) is 17.8 Å². The molecule has 8 heteroatoms. The van der Waals surface area contributed by atoms with Crippen molar-refractivity contribution in [2.75, 3.05) is 44.4 Å². The summed E-state index contributed by atoms with van der Waals surface area (Å²) in [6, 6.07) is 3.31. The lowest BCUT2D eigenvalue weighted by Crippen LogP contribution is -2.38. The van der Waals surface area contributed by atoms with Gasteiger partial charge in [-0.15, -0.1) is 0 Å². The molecule has 1 saturated heterocycles. The van der Waals surface area contributed by atoms with Crippen LogP contribution in [0.3, 0.4) is 0 Å². The van der Waals surface area contributed by atoms with Crippen molar-refractivity contribution in [1.29, 1.82) is 0 Å². The Morgan fingerprint density at radius 2 is 2.00 bits per heavy atom. The molecule has 144 valence electrons. The lowest BCUT2D eigenvalue weighted by Gasteiger charge is -2.26. The van der Waals surface area contributed by atoms with Gasteiger partial charge in [0.05, 0.1) is 25.1 Å². The molecule has 4 rings (SSSR count). The number of H-pyrrole nitrogens is 1. The van der Waals surface area contributed by atoms with E-state index in [0.29, 0.717) is 25.3 Å². The fraction of sp³-hybridized carbons (Fsp3) is 0.474. The minimum atomic E-state index is -0.349. The third-order valence-corrected chi connectivity index (χ3v) is 5.16. The normalized spacial score (nSPS) is 17.2.